The molecule has 0 saturated carbocycles. The number of nitrogens with zero attached hydrogens (tertiary/aromatic N) is 1. The molecule has 7 nitrogen and oxygen atoms in total. The van der Waals surface area contributed by atoms with Crippen molar-refractivity contribution in [1.82, 2.24) is 4.31 Å². The van der Waals surface area contributed by atoms with Gasteiger partial charge < -0.3 is 14.8 Å². The van der Waals surface area contributed by atoms with Gasteiger partial charge in [0.05, 0.1) is 30.9 Å². The van der Waals surface area contributed by atoms with Crippen LogP contribution in [0.4, 0.5) is 10.1 Å². The van der Waals surface area contributed by atoms with Crippen molar-refractivity contribution in [2.75, 3.05) is 38.7 Å². The number of methoxy groups -OCH3 is 1. The number of ether oxygens (including phenoxy) is 2. The van der Waals surface area contributed by atoms with Crippen molar-refractivity contribution >= 4 is 21.6 Å². The van der Waals surface area contributed by atoms with Crippen LogP contribution in [0.2, 0.25) is 0 Å². The van der Waals surface area contributed by atoms with Crippen molar-refractivity contribution in [3.05, 3.63) is 53.8 Å². The van der Waals surface area contributed by atoms with Crippen LogP contribution >= 0.6 is 0 Å². The number of carbonyl (C=O) groups excluding carboxylic acids is 1. The lowest BCUT2D eigenvalue weighted by molar-refractivity contribution is 0.0730. The van der Waals surface area contributed by atoms with Gasteiger partial charge in [0.15, 0.2) is 0 Å². The third-order valence-corrected chi connectivity index (χ3v) is 6.01. The van der Waals surface area contributed by atoms with Gasteiger partial charge in [-0.15, -0.1) is 0 Å². The molecule has 0 aliphatic carbocycles. The minimum absolute atomic E-state index is 0.0275. The molecule has 27 heavy (non-hydrogen) atoms. The molecule has 3 rings (SSSR count). The number of morpholine rings is 1. The maximum atomic E-state index is 13.3. The van der Waals surface area contributed by atoms with E-state index in [-0.39, 0.29) is 29.2 Å². The van der Waals surface area contributed by atoms with E-state index in [1.165, 1.54) is 47.8 Å². The van der Waals surface area contributed by atoms with Crippen molar-refractivity contribution in [1.29, 1.82) is 0 Å². The van der Waals surface area contributed by atoms with Crippen LogP contribution in [0.5, 0.6) is 5.75 Å². The largest absolute Gasteiger partial charge is 0.495 e. The third-order valence-electron chi connectivity index (χ3n) is 4.11. The lowest BCUT2D eigenvalue weighted by Gasteiger charge is -2.26. The number of benzene rings is 2. The van der Waals surface area contributed by atoms with E-state index in [4.69, 9.17) is 9.47 Å². The van der Waals surface area contributed by atoms with Crippen molar-refractivity contribution in [2.45, 2.75) is 4.90 Å². The van der Waals surface area contributed by atoms with Crippen LogP contribution in [0.3, 0.4) is 0 Å². The standard InChI is InChI=1S/C18H19FN2O5S/c1-25-17-6-5-15(27(23,24)21-7-9-26-10-8-21)12-16(17)20-18(22)13-3-2-4-14(19)11-13/h2-6,11-12H,7-10H2,1H3,(H,20,22). The van der Waals surface area contributed by atoms with Gasteiger partial charge in [-0.25, -0.2) is 12.8 Å². The predicted octanol–water partition coefficient (Wildman–Crippen LogP) is 2.11. The van der Waals surface area contributed by atoms with E-state index >= 15 is 0 Å². The van der Waals surface area contributed by atoms with E-state index in [1.54, 1.807) is 0 Å². The molecular formula is C18H19FN2O5S. The summed E-state index contributed by atoms with van der Waals surface area (Å²) in [6.45, 7) is 1.19. The van der Waals surface area contributed by atoms with Crippen molar-refractivity contribution < 1.29 is 27.1 Å². The number of sulfonamides is 1. The highest BCUT2D eigenvalue weighted by Gasteiger charge is 2.27. The molecule has 1 heterocycles. The lowest BCUT2D eigenvalue weighted by Crippen LogP contribution is -2.40. The summed E-state index contributed by atoms with van der Waals surface area (Å²) in [5.41, 5.74) is 0.291. The Balaban J connectivity index is 1.90. The van der Waals surface area contributed by atoms with Crippen molar-refractivity contribution in [3.8, 4) is 5.75 Å². The number of hydrogen-bond acceptors (Lipinski definition) is 5. The van der Waals surface area contributed by atoms with Gasteiger partial charge in [-0.1, -0.05) is 6.07 Å². The van der Waals surface area contributed by atoms with E-state index in [9.17, 15) is 17.6 Å². The molecule has 2 aromatic rings. The SMILES string of the molecule is COc1ccc(S(=O)(=O)N2CCOCC2)cc1NC(=O)c1cccc(F)c1. The second-order valence-corrected chi connectivity index (χ2v) is 7.78. The van der Waals surface area contributed by atoms with E-state index in [0.717, 1.165) is 6.07 Å². The zero-order valence-corrected chi connectivity index (χ0v) is 15.5. The Kier molecular flexibility index (Phi) is 5.73. The van der Waals surface area contributed by atoms with E-state index in [0.29, 0.717) is 19.0 Å². The molecule has 1 aliphatic rings. The molecule has 2 aromatic carbocycles. The number of nitrogens with one attached hydrogen (secondary N) is 1. The van der Waals surface area contributed by atoms with Gasteiger partial charge in [-0.2, -0.15) is 4.31 Å². The number of carbonyl (C=O) groups is 1. The topological polar surface area (TPSA) is 84.9 Å². The quantitative estimate of drug-likeness (QED) is 0.840. The number of hydrogen-bond donors (Lipinski definition) is 1. The molecule has 1 N–H and O–H groups in total. The van der Waals surface area contributed by atoms with E-state index in [2.05, 4.69) is 5.32 Å². The highest BCUT2D eigenvalue weighted by molar-refractivity contribution is 7.89. The summed E-state index contributed by atoms with van der Waals surface area (Å²) in [5, 5.41) is 2.58. The number of anilines is 1. The highest BCUT2D eigenvalue weighted by atomic mass is 32.2. The van der Waals surface area contributed by atoms with Gasteiger partial charge >= 0.3 is 0 Å². The molecule has 0 unspecified atom stereocenters. The van der Waals surface area contributed by atoms with E-state index < -0.39 is 21.7 Å². The molecule has 0 aromatic heterocycles. The van der Waals surface area contributed by atoms with Crippen LogP contribution in [-0.4, -0.2) is 52.0 Å². The molecule has 0 spiro atoms. The van der Waals surface area contributed by atoms with E-state index in [1.807, 2.05) is 0 Å². The first-order valence-corrected chi connectivity index (χ1v) is 9.68. The van der Waals surface area contributed by atoms with Crippen LogP contribution < -0.4 is 10.1 Å². The monoisotopic (exact) mass is 394 g/mol. The third kappa shape index (κ3) is 4.26. The Morgan fingerprint density at radius 2 is 1.93 bits per heavy atom. The molecule has 144 valence electrons. The zero-order valence-electron chi connectivity index (χ0n) is 14.6. The van der Waals surface area contributed by atoms with Gasteiger partial charge in [0.2, 0.25) is 10.0 Å². The molecule has 0 bridgehead atoms. The van der Waals surface area contributed by atoms with Gasteiger partial charge in [-0.05, 0) is 36.4 Å². The summed E-state index contributed by atoms with van der Waals surface area (Å²) in [5.74, 6) is -0.826. The van der Waals surface area contributed by atoms with Gasteiger partial charge in [0.25, 0.3) is 5.91 Å². The molecule has 1 amide bonds. The minimum atomic E-state index is -3.73. The molecule has 1 saturated heterocycles. The van der Waals surface area contributed by atoms with Crippen LogP contribution in [0.15, 0.2) is 47.4 Å². The predicted molar refractivity (Wildman–Crippen MR) is 96.9 cm³/mol. The second kappa shape index (κ2) is 8.03. The highest BCUT2D eigenvalue weighted by Crippen LogP contribution is 2.29. The Morgan fingerprint density at radius 3 is 2.59 bits per heavy atom. The van der Waals surface area contributed by atoms with Crippen molar-refractivity contribution in [2.24, 2.45) is 0 Å². The smallest absolute Gasteiger partial charge is 0.255 e. The second-order valence-electron chi connectivity index (χ2n) is 5.84. The Labute approximate surface area is 156 Å². The number of amides is 1. The first-order chi connectivity index (χ1) is 12.9. The summed E-state index contributed by atoms with van der Waals surface area (Å²) in [4.78, 5) is 12.4. The lowest BCUT2D eigenvalue weighted by atomic mass is 10.2. The Hall–Kier alpha value is -2.49. The normalized spacial score (nSPS) is 15.3. The fourth-order valence-electron chi connectivity index (χ4n) is 2.71. The van der Waals surface area contributed by atoms with Gasteiger partial charge in [0.1, 0.15) is 11.6 Å². The van der Waals surface area contributed by atoms with Gasteiger partial charge in [0, 0.05) is 18.7 Å². The molecule has 1 fully saturated rings. The van der Waals surface area contributed by atoms with Crippen LogP contribution in [0.1, 0.15) is 10.4 Å². The molecule has 0 radical (unpaired) electrons. The summed E-state index contributed by atoms with van der Waals surface area (Å²) < 4.78 is 50.7. The van der Waals surface area contributed by atoms with Crippen molar-refractivity contribution in [3.63, 3.8) is 0 Å². The Bertz CT molecular complexity index is 943. The van der Waals surface area contributed by atoms with Crippen LogP contribution in [0.25, 0.3) is 0 Å². The molecular weight excluding hydrogens is 375 g/mol. The number of halogens is 1. The fourth-order valence-corrected chi connectivity index (χ4v) is 4.14. The molecule has 9 heteroatoms. The first kappa shape index (κ1) is 19.3. The summed E-state index contributed by atoms with van der Waals surface area (Å²) in [6.07, 6.45) is 0. The zero-order chi connectivity index (χ0) is 19.4. The summed E-state index contributed by atoms with van der Waals surface area (Å²) in [7, 11) is -2.32. The summed E-state index contributed by atoms with van der Waals surface area (Å²) >= 11 is 0. The Morgan fingerprint density at radius 1 is 1.19 bits per heavy atom. The average molecular weight is 394 g/mol. The molecule has 0 atom stereocenters. The minimum Gasteiger partial charge on any atom is -0.495 e. The maximum Gasteiger partial charge on any atom is 0.255 e. The van der Waals surface area contributed by atoms with Crippen LogP contribution in [0, 0.1) is 5.82 Å². The summed E-state index contributed by atoms with van der Waals surface area (Å²) in [6, 6.07) is 9.42. The first-order valence-electron chi connectivity index (χ1n) is 8.24. The maximum absolute atomic E-state index is 13.3. The fraction of sp³-hybridized carbons (Fsp3) is 0.278. The molecule has 1 aliphatic heterocycles. The average Bonchev–Trinajstić information content (AvgIpc) is 2.68. The van der Waals surface area contributed by atoms with Gasteiger partial charge in [-0.3, -0.25) is 4.79 Å². The number of rotatable bonds is 5. The van der Waals surface area contributed by atoms with Crippen LogP contribution in [-0.2, 0) is 14.8 Å².